The second-order valence-electron chi connectivity index (χ2n) is 4.28. The molecule has 0 aromatic heterocycles. The molecule has 0 atom stereocenters. The summed E-state index contributed by atoms with van der Waals surface area (Å²) in [7, 11) is -0.260. The summed E-state index contributed by atoms with van der Waals surface area (Å²) in [6, 6.07) is 9.16. The zero-order valence-corrected chi connectivity index (χ0v) is 12.0. The maximum atomic E-state index is 13.8. The number of hydrogen-bond donors (Lipinski definition) is 2. The number of benzene rings is 2. The summed E-state index contributed by atoms with van der Waals surface area (Å²) in [5, 5.41) is 18.7. The normalized spacial score (nSPS) is 10.3. The van der Waals surface area contributed by atoms with Crippen molar-refractivity contribution in [3.8, 4) is 11.5 Å². The monoisotopic (exact) mass is 310 g/mol. The van der Waals surface area contributed by atoms with Gasteiger partial charge in [0, 0.05) is 11.0 Å². The minimum absolute atomic E-state index is 0.00764. The van der Waals surface area contributed by atoms with Gasteiger partial charge < -0.3 is 19.5 Å². The van der Waals surface area contributed by atoms with E-state index in [4.69, 9.17) is 21.1 Å². The van der Waals surface area contributed by atoms with Gasteiger partial charge in [-0.25, -0.2) is 4.39 Å². The fourth-order valence-electron chi connectivity index (χ4n) is 1.80. The molecule has 2 N–H and O–H groups in total. The first-order chi connectivity index (χ1) is 10.0. The molecule has 0 aliphatic carbocycles. The molecule has 0 aliphatic heterocycles. The van der Waals surface area contributed by atoms with E-state index in [0.717, 1.165) is 0 Å². The third-order valence-electron chi connectivity index (χ3n) is 2.91. The van der Waals surface area contributed by atoms with Crippen LogP contribution in [0, 0.1) is 5.82 Å². The van der Waals surface area contributed by atoms with Gasteiger partial charge in [-0.05, 0) is 24.3 Å². The molecule has 0 radical (unpaired) electrons. The Morgan fingerprint density at radius 3 is 2.67 bits per heavy atom. The first-order valence-electron chi connectivity index (χ1n) is 6.12. The van der Waals surface area contributed by atoms with Crippen molar-refractivity contribution in [3.63, 3.8) is 0 Å². The smallest absolute Gasteiger partial charge is 0.492 e. The molecule has 0 amide bonds. The first-order valence-corrected chi connectivity index (χ1v) is 6.50. The van der Waals surface area contributed by atoms with Gasteiger partial charge in [0.15, 0.2) is 0 Å². The van der Waals surface area contributed by atoms with Gasteiger partial charge in [-0.1, -0.05) is 23.7 Å². The van der Waals surface area contributed by atoms with Crippen LogP contribution in [0.3, 0.4) is 0 Å². The standard InChI is InChI=1S/C14H13BClFO4/c1-20-10-5-6-13(11(7-10)15(18)19)21-8-9-3-2-4-12(16)14(9)17/h2-7,18-19H,8H2,1H3. The van der Waals surface area contributed by atoms with Gasteiger partial charge in [-0.15, -0.1) is 0 Å². The van der Waals surface area contributed by atoms with Crippen molar-refractivity contribution in [2.75, 3.05) is 7.11 Å². The van der Waals surface area contributed by atoms with Gasteiger partial charge in [-0.2, -0.15) is 0 Å². The molecule has 0 saturated carbocycles. The van der Waals surface area contributed by atoms with E-state index in [2.05, 4.69) is 0 Å². The molecule has 0 fully saturated rings. The molecule has 2 aromatic rings. The quantitative estimate of drug-likeness (QED) is 0.826. The van der Waals surface area contributed by atoms with E-state index in [1.165, 1.54) is 25.3 Å². The fraction of sp³-hybridized carbons (Fsp3) is 0.143. The lowest BCUT2D eigenvalue weighted by atomic mass is 9.79. The van der Waals surface area contributed by atoms with Crippen LogP contribution < -0.4 is 14.9 Å². The number of rotatable bonds is 5. The molecule has 0 heterocycles. The minimum atomic E-state index is -1.72. The molecule has 21 heavy (non-hydrogen) atoms. The van der Waals surface area contributed by atoms with Crippen molar-refractivity contribution in [2.45, 2.75) is 6.61 Å². The van der Waals surface area contributed by atoms with Crippen LogP contribution in [-0.2, 0) is 6.61 Å². The van der Waals surface area contributed by atoms with Crippen molar-refractivity contribution in [2.24, 2.45) is 0 Å². The summed E-state index contributed by atoms with van der Waals surface area (Å²) in [6.45, 7) is -0.0849. The summed E-state index contributed by atoms with van der Waals surface area (Å²) in [5.74, 6) is 0.128. The molecule has 0 unspecified atom stereocenters. The van der Waals surface area contributed by atoms with E-state index in [1.54, 1.807) is 18.2 Å². The third kappa shape index (κ3) is 3.67. The Morgan fingerprint density at radius 2 is 2.00 bits per heavy atom. The van der Waals surface area contributed by atoms with Crippen LogP contribution in [0.4, 0.5) is 4.39 Å². The van der Waals surface area contributed by atoms with Crippen LogP contribution in [0.1, 0.15) is 5.56 Å². The van der Waals surface area contributed by atoms with E-state index in [9.17, 15) is 14.4 Å². The maximum absolute atomic E-state index is 13.8. The second-order valence-corrected chi connectivity index (χ2v) is 4.69. The molecule has 0 spiro atoms. The van der Waals surface area contributed by atoms with Gasteiger partial charge in [-0.3, -0.25) is 0 Å². The largest absolute Gasteiger partial charge is 0.497 e. The number of ether oxygens (including phenoxy) is 2. The highest BCUT2D eigenvalue weighted by atomic mass is 35.5. The van der Waals surface area contributed by atoms with Crippen molar-refractivity contribution in [1.29, 1.82) is 0 Å². The Morgan fingerprint density at radius 1 is 1.24 bits per heavy atom. The fourth-order valence-corrected chi connectivity index (χ4v) is 2.00. The Labute approximate surface area is 126 Å². The molecular formula is C14H13BClFO4. The Hall–Kier alpha value is -1.76. The van der Waals surface area contributed by atoms with Crippen LogP contribution >= 0.6 is 11.6 Å². The minimum Gasteiger partial charge on any atom is -0.497 e. The van der Waals surface area contributed by atoms with E-state index in [1.807, 2.05) is 0 Å². The summed E-state index contributed by atoms with van der Waals surface area (Å²) in [6.07, 6.45) is 0. The molecule has 110 valence electrons. The van der Waals surface area contributed by atoms with E-state index in [0.29, 0.717) is 5.75 Å². The van der Waals surface area contributed by atoms with Gasteiger partial charge >= 0.3 is 7.12 Å². The van der Waals surface area contributed by atoms with Gasteiger partial charge in [0.25, 0.3) is 0 Å². The SMILES string of the molecule is COc1ccc(OCc2cccc(Cl)c2F)c(B(O)O)c1. The molecule has 2 rings (SSSR count). The predicted molar refractivity (Wildman–Crippen MR) is 78.6 cm³/mol. The first kappa shape index (κ1) is 15.6. The Bertz CT molecular complexity index is 636. The lowest BCUT2D eigenvalue weighted by Gasteiger charge is -2.13. The van der Waals surface area contributed by atoms with E-state index >= 15 is 0 Å². The van der Waals surface area contributed by atoms with Gasteiger partial charge in [0.1, 0.15) is 23.9 Å². The molecule has 0 saturated heterocycles. The van der Waals surface area contributed by atoms with Crippen molar-refractivity contribution in [3.05, 3.63) is 52.8 Å². The summed E-state index contributed by atoms with van der Waals surface area (Å²) in [4.78, 5) is 0. The van der Waals surface area contributed by atoms with Gasteiger partial charge in [0.2, 0.25) is 0 Å². The van der Waals surface area contributed by atoms with Crippen LogP contribution in [0.25, 0.3) is 0 Å². The number of hydrogen-bond acceptors (Lipinski definition) is 4. The van der Waals surface area contributed by atoms with Crippen LogP contribution in [0.2, 0.25) is 5.02 Å². The Kier molecular flexibility index (Phi) is 5.06. The van der Waals surface area contributed by atoms with Crippen molar-refractivity contribution >= 4 is 24.2 Å². The maximum Gasteiger partial charge on any atom is 0.492 e. The molecule has 0 bridgehead atoms. The topological polar surface area (TPSA) is 58.9 Å². The average molecular weight is 311 g/mol. The highest BCUT2D eigenvalue weighted by Crippen LogP contribution is 2.21. The zero-order valence-electron chi connectivity index (χ0n) is 11.2. The number of methoxy groups -OCH3 is 1. The van der Waals surface area contributed by atoms with Crippen molar-refractivity contribution < 1.29 is 23.9 Å². The van der Waals surface area contributed by atoms with Crippen molar-refractivity contribution in [1.82, 2.24) is 0 Å². The highest BCUT2D eigenvalue weighted by Gasteiger charge is 2.19. The lowest BCUT2D eigenvalue weighted by Crippen LogP contribution is -2.31. The second kappa shape index (κ2) is 6.80. The molecule has 0 aliphatic rings. The average Bonchev–Trinajstić information content (AvgIpc) is 2.48. The molecule has 4 nitrogen and oxygen atoms in total. The van der Waals surface area contributed by atoms with E-state index in [-0.39, 0.29) is 28.4 Å². The molecule has 7 heteroatoms. The van der Waals surface area contributed by atoms with E-state index < -0.39 is 12.9 Å². The highest BCUT2D eigenvalue weighted by molar-refractivity contribution is 6.59. The number of halogens is 2. The van der Waals surface area contributed by atoms with Gasteiger partial charge in [0.05, 0.1) is 12.1 Å². The third-order valence-corrected chi connectivity index (χ3v) is 3.20. The van der Waals surface area contributed by atoms with Crippen LogP contribution in [0.15, 0.2) is 36.4 Å². The predicted octanol–water partition coefficient (Wildman–Crippen LogP) is 1.75. The molecule has 2 aromatic carbocycles. The van der Waals surface area contributed by atoms with Crippen LogP contribution in [0.5, 0.6) is 11.5 Å². The zero-order chi connectivity index (χ0) is 15.4. The van der Waals surface area contributed by atoms with Crippen LogP contribution in [-0.4, -0.2) is 24.3 Å². The summed E-state index contributed by atoms with van der Waals surface area (Å²) in [5.41, 5.74) is 0.411. The molecular weight excluding hydrogens is 297 g/mol. The Balaban J connectivity index is 2.21. The summed E-state index contributed by atoms with van der Waals surface area (Å²) >= 11 is 5.69. The summed E-state index contributed by atoms with van der Waals surface area (Å²) < 4.78 is 24.2. The lowest BCUT2D eigenvalue weighted by molar-refractivity contribution is 0.300.